The fraction of sp³-hybridized carbons (Fsp3) is 0.350. The van der Waals surface area contributed by atoms with Gasteiger partial charge in [-0.15, -0.1) is 0 Å². The maximum Gasteiger partial charge on any atom is 0.123 e. The van der Waals surface area contributed by atoms with Gasteiger partial charge in [-0.05, 0) is 47.9 Å². The van der Waals surface area contributed by atoms with E-state index in [0.29, 0.717) is 18.2 Å². The number of ether oxygens (including phenoxy) is 3. The van der Waals surface area contributed by atoms with Crippen LogP contribution in [0.3, 0.4) is 0 Å². The summed E-state index contributed by atoms with van der Waals surface area (Å²) in [5, 5.41) is 0. The zero-order valence-electron chi connectivity index (χ0n) is 15.2. The van der Waals surface area contributed by atoms with Crippen molar-refractivity contribution in [1.29, 1.82) is 0 Å². The number of rotatable bonds is 7. The minimum atomic E-state index is -0.0405. The standard InChI is InChI=1S/C20H25NO3S/c1-20(2,3)17-13-16(22-4)9-10-18(17)24-12-11-23-15-7-5-14(6-8-15)19(21)25/h5-10,13H,11-12H2,1-4H3,(H2,21,25). The first-order chi connectivity index (χ1) is 11.8. The van der Waals surface area contributed by atoms with Crippen molar-refractivity contribution >= 4 is 17.2 Å². The largest absolute Gasteiger partial charge is 0.497 e. The highest BCUT2D eigenvalue weighted by Crippen LogP contribution is 2.34. The van der Waals surface area contributed by atoms with Crippen molar-refractivity contribution in [2.24, 2.45) is 5.73 Å². The van der Waals surface area contributed by atoms with Crippen LogP contribution in [0.4, 0.5) is 0 Å². The third-order valence-corrected chi connectivity index (χ3v) is 3.98. The lowest BCUT2D eigenvalue weighted by atomic mass is 9.86. The molecule has 2 N–H and O–H groups in total. The van der Waals surface area contributed by atoms with Crippen molar-refractivity contribution in [3.63, 3.8) is 0 Å². The molecule has 4 nitrogen and oxygen atoms in total. The van der Waals surface area contributed by atoms with Crippen molar-refractivity contribution in [2.75, 3.05) is 20.3 Å². The van der Waals surface area contributed by atoms with Crippen LogP contribution in [0.1, 0.15) is 31.9 Å². The SMILES string of the molecule is COc1ccc(OCCOc2ccc(C(N)=S)cc2)c(C(C)(C)C)c1. The number of hydrogen-bond donors (Lipinski definition) is 1. The highest BCUT2D eigenvalue weighted by Gasteiger charge is 2.20. The molecule has 2 aromatic carbocycles. The van der Waals surface area contributed by atoms with Crippen LogP contribution in [0.25, 0.3) is 0 Å². The van der Waals surface area contributed by atoms with E-state index in [9.17, 15) is 0 Å². The predicted molar refractivity (Wildman–Crippen MR) is 105 cm³/mol. The molecule has 0 saturated carbocycles. The van der Waals surface area contributed by atoms with Crippen LogP contribution in [0, 0.1) is 0 Å². The van der Waals surface area contributed by atoms with E-state index < -0.39 is 0 Å². The van der Waals surface area contributed by atoms with Gasteiger partial charge >= 0.3 is 0 Å². The van der Waals surface area contributed by atoms with Gasteiger partial charge in [-0.2, -0.15) is 0 Å². The third kappa shape index (κ3) is 5.36. The maximum absolute atomic E-state index is 5.93. The lowest BCUT2D eigenvalue weighted by molar-refractivity contribution is 0.214. The summed E-state index contributed by atoms with van der Waals surface area (Å²) in [6, 6.07) is 13.3. The summed E-state index contributed by atoms with van der Waals surface area (Å²) in [7, 11) is 1.67. The summed E-state index contributed by atoms with van der Waals surface area (Å²) in [4.78, 5) is 0.379. The molecule has 2 rings (SSSR count). The first kappa shape index (κ1) is 19.1. The Bertz CT molecular complexity index is 721. The molecule has 5 heteroatoms. The van der Waals surface area contributed by atoms with Crippen LogP contribution >= 0.6 is 12.2 Å². The molecule has 0 aliphatic rings. The van der Waals surface area contributed by atoms with Crippen LogP contribution in [0.5, 0.6) is 17.2 Å². The summed E-state index contributed by atoms with van der Waals surface area (Å²) < 4.78 is 16.9. The second-order valence-corrected chi connectivity index (χ2v) is 7.14. The summed E-state index contributed by atoms with van der Waals surface area (Å²) >= 11 is 4.93. The molecular formula is C20H25NO3S. The molecule has 25 heavy (non-hydrogen) atoms. The molecule has 0 fully saturated rings. The van der Waals surface area contributed by atoms with E-state index in [-0.39, 0.29) is 5.41 Å². The summed E-state index contributed by atoms with van der Waals surface area (Å²) in [5.74, 6) is 2.43. The highest BCUT2D eigenvalue weighted by molar-refractivity contribution is 7.80. The molecule has 0 atom stereocenters. The van der Waals surface area contributed by atoms with Crippen LogP contribution < -0.4 is 19.9 Å². The molecule has 0 unspecified atom stereocenters. The van der Waals surface area contributed by atoms with Gasteiger partial charge in [0.15, 0.2) is 0 Å². The van der Waals surface area contributed by atoms with Crippen molar-refractivity contribution in [2.45, 2.75) is 26.2 Å². The van der Waals surface area contributed by atoms with Gasteiger partial charge in [0.2, 0.25) is 0 Å². The van der Waals surface area contributed by atoms with Gasteiger partial charge in [0.1, 0.15) is 35.5 Å². The highest BCUT2D eigenvalue weighted by atomic mass is 32.1. The molecule has 0 aromatic heterocycles. The molecule has 0 spiro atoms. The average molecular weight is 359 g/mol. The normalized spacial score (nSPS) is 11.0. The number of methoxy groups -OCH3 is 1. The Morgan fingerprint density at radius 2 is 1.56 bits per heavy atom. The van der Waals surface area contributed by atoms with E-state index >= 15 is 0 Å². The van der Waals surface area contributed by atoms with E-state index in [1.165, 1.54) is 0 Å². The van der Waals surface area contributed by atoms with Gasteiger partial charge < -0.3 is 19.9 Å². The van der Waals surface area contributed by atoms with Crippen LogP contribution in [-0.4, -0.2) is 25.3 Å². The van der Waals surface area contributed by atoms with Gasteiger partial charge in [-0.3, -0.25) is 0 Å². The molecule has 134 valence electrons. The maximum atomic E-state index is 5.93. The van der Waals surface area contributed by atoms with E-state index in [2.05, 4.69) is 20.8 Å². The summed E-state index contributed by atoms with van der Waals surface area (Å²) in [5.41, 5.74) is 7.47. The number of hydrogen-bond acceptors (Lipinski definition) is 4. The number of thiocarbonyl (C=S) groups is 1. The molecule has 0 bridgehead atoms. The molecule has 0 amide bonds. The lowest BCUT2D eigenvalue weighted by Crippen LogP contribution is -2.16. The zero-order chi connectivity index (χ0) is 18.4. The fourth-order valence-corrected chi connectivity index (χ4v) is 2.51. The molecule has 0 heterocycles. The van der Waals surface area contributed by atoms with Crippen molar-refractivity contribution in [1.82, 2.24) is 0 Å². The van der Waals surface area contributed by atoms with Gasteiger partial charge in [0.05, 0.1) is 7.11 Å². The third-order valence-electron chi connectivity index (χ3n) is 3.74. The van der Waals surface area contributed by atoms with Gasteiger partial charge in [0.25, 0.3) is 0 Å². The predicted octanol–water partition coefficient (Wildman–Crippen LogP) is 4.08. The Kier molecular flexibility index (Phi) is 6.26. The number of nitrogens with two attached hydrogens (primary N) is 1. The Morgan fingerprint density at radius 1 is 0.960 bits per heavy atom. The van der Waals surface area contributed by atoms with Crippen molar-refractivity contribution < 1.29 is 14.2 Å². The topological polar surface area (TPSA) is 53.7 Å². The summed E-state index contributed by atoms with van der Waals surface area (Å²) in [6.45, 7) is 7.34. The molecule has 0 radical (unpaired) electrons. The smallest absolute Gasteiger partial charge is 0.123 e. The Labute approximate surface area is 154 Å². The van der Waals surface area contributed by atoms with E-state index in [4.69, 9.17) is 32.2 Å². The number of benzene rings is 2. The summed E-state index contributed by atoms with van der Waals surface area (Å²) in [6.07, 6.45) is 0. The monoisotopic (exact) mass is 359 g/mol. The second-order valence-electron chi connectivity index (χ2n) is 6.70. The zero-order valence-corrected chi connectivity index (χ0v) is 16.0. The van der Waals surface area contributed by atoms with E-state index in [0.717, 1.165) is 28.4 Å². The molecule has 0 aliphatic heterocycles. The van der Waals surface area contributed by atoms with Gasteiger partial charge in [-0.1, -0.05) is 33.0 Å². The van der Waals surface area contributed by atoms with E-state index in [1.807, 2.05) is 42.5 Å². The molecule has 0 aliphatic carbocycles. The average Bonchev–Trinajstić information content (AvgIpc) is 2.58. The second kappa shape index (κ2) is 8.21. The minimum absolute atomic E-state index is 0.0405. The van der Waals surface area contributed by atoms with E-state index in [1.54, 1.807) is 7.11 Å². The van der Waals surface area contributed by atoms with Crippen molar-refractivity contribution in [3.8, 4) is 17.2 Å². The Hall–Kier alpha value is -2.27. The Balaban J connectivity index is 1.94. The minimum Gasteiger partial charge on any atom is -0.497 e. The van der Waals surface area contributed by atoms with Gasteiger partial charge in [-0.25, -0.2) is 0 Å². The van der Waals surface area contributed by atoms with Crippen LogP contribution in [0.15, 0.2) is 42.5 Å². The first-order valence-electron chi connectivity index (χ1n) is 8.15. The van der Waals surface area contributed by atoms with Crippen LogP contribution in [-0.2, 0) is 5.41 Å². The molecule has 0 saturated heterocycles. The first-order valence-corrected chi connectivity index (χ1v) is 8.56. The quantitative estimate of drug-likeness (QED) is 0.596. The fourth-order valence-electron chi connectivity index (χ4n) is 2.37. The lowest BCUT2D eigenvalue weighted by Gasteiger charge is -2.23. The van der Waals surface area contributed by atoms with Crippen LogP contribution in [0.2, 0.25) is 0 Å². The van der Waals surface area contributed by atoms with Gasteiger partial charge in [0, 0.05) is 11.1 Å². The molecule has 2 aromatic rings. The Morgan fingerprint density at radius 3 is 2.12 bits per heavy atom. The molecular weight excluding hydrogens is 334 g/mol. The van der Waals surface area contributed by atoms with Crippen molar-refractivity contribution in [3.05, 3.63) is 53.6 Å².